The number of amides is 1. The van der Waals surface area contributed by atoms with Gasteiger partial charge in [0.2, 0.25) is 0 Å². The van der Waals surface area contributed by atoms with Crippen LogP contribution in [0.4, 0.5) is 10.1 Å². The van der Waals surface area contributed by atoms with Gasteiger partial charge in [-0.3, -0.25) is 4.79 Å². The molecular formula is C17H12ClFN2O2S. The second kappa shape index (κ2) is 7.07. The highest BCUT2D eigenvalue weighted by atomic mass is 35.5. The van der Waals surface area contributed by atoms with Crippen LogP contribution in [0.15, 0.2) is 52.4 Å². The number of methoxy groups -OCH3 is 1. The van der Waals surface area contributed by atoms with E-state index in [0.717, 1.165) is 5.56 Å². The largest absolute Gasteiger partial charge is 0.494 e. The smallest absolute Gasteiger partial charge is 0.264 e. The standard InChI is InChI=1S/C17H12ClFN2O2S/c1-23-14-7-4-11(18)9-13(14)20-17-21-16(22)15(24-17)8-10-2-5-12(19)6-3-10/h2-9H,1H3,(H,20,21,22)/b15-8-. The number of nitrogens with zero attached hydrogens (tertiary/aromatic N) is 1. The van der Waals surface area contributed by atoms with Gasteiger partial charge in [0, 0.05) is 5.02 Å². The third-order valence-electron chi connectivity index (χ3n) is 3.18. The number of aliphatic imine (C=N–C) groups is 1. The molecule has 1 aliphatic heterocycles. The van der Waals surface area contributed by atoms with Crippen molar-refractivity contribution in [3.05, 3.63) is 63.8 Å². The molecule has 7 heteroatoms. The van der Waals surface area contributed by atoms with Gasteiger partial charge < -0.3 is 10.1 Å². The van der Waals surface area contributed by atoms with Gasteiger partial charge in [-0.2, -0.15) is 0 Å². The molecule has 4 nitrogen and oxygen atoms in total. The zero-order valence-electron chi connectivity index (χ0n) is 12.5. The molecule has 0 aliphatic carbocycles. The minimum absolute atomic E-state index is 0.260. The summed E-state index contributed by atoms with van der Waals surface area (Å²) in [4.78, 5) is 16.9. The van der Waals surface area contributed by atoms with E-state index in [2.05, 4.69) is 10.3 Å². The molecule has 0 atom stereocenters. The molecule has 0 unspecified atom stereocenters. The summed E-state index contributed by atoms with van der Waals surface area (Å²) in [6, 6.07) is 11.0. The minimum Gasteiger partial charge on any atom is -0.494 e. The monoisotopic (exact) mass is 362 g/mol. The third-order valence-corrected chi connectivity index (χ3v) is 4.33. The van der Waals surface area contributed by atoms with E-state index in [1.54, 1.807) is 36.4 Å². The Hall–Kier alpha value is -2.31. The Balaban J connectivity index is 1.87. The van der Waals surface area contributed by atoms with Crippen LogP contribution in [0.3, 0.4) is 0 Å². The highest BCUT2D eigenvalue weighted by Gasteiger charge is 2.24. The second-order valence-corrected chi connectivity index (χ2v) is 6.32. The molecule has 1 saturated heterocycles. The Morgan fingerprint density at radius 3 is 2.71 bits per heavy atom. The summed E-state index contributed by atoms with van der Waals surface area (Å²) in [5, 5.41) is 3.63. The van der Waals surface area contributed by atoms with Crippen molar-refractivity contribution < 1.29 is 13.9 Å². The van der Waals surface area contributed by atoms with E-state index in [0.29, 0.717) is 26.5 Å². The average molecular weight is 363 g/mol. The summed E-state index contributed by atoms with van der Waals surface area (Å²) in [5.41, 5.74) is 1.26. The van der Waals surface area contributed by atoms with E-state index in [1.165, 1.54) is 31.0 Å². The van der Waals surface area contributed by atoms with E-state index in [-0.39, 0.29) is 11.7 Å². The van der Waals surface area contributed by atoms with Crippen LogP contribution >= 0.6 is 23.4 Å². The highest BCUT2D eigenvalue weighted by molar-refractivity contribution is 8.18. The molecule has 1 N–H and O–H groups in total. The van der Waals surface area contributed by atoms with Crippen molar-refractivity contribution in [2.24, 2.45) is 4.99 Å². The van der Waals surface area contributed by atoms with Crippen LogP contribution in [0, 0.1) is 5.82 Å². The maximum absolute atomic E-state index is 12.9. The Bertz CT molecular complexity index is 850. The van der Waals surface area contributed by atoms with E-state index in [4.69, 9.17) is 16.3 Å². The first-order valence-corrected chi connectivity index (χ1v) is 8.13. The highest BCUT2D eigenvalue weighted by Crippen LogP contribution is 2.34. The van der Waals surface area contributed by atoms with Gasteiger partial charge in [-0.25, -0.2) is 9.38 Å². The average Bonchev–Trinajstić information content (AvgIpc) is 2.89. The Morgan fingerprint density at radius 2 is 2.00 bits per heavy atom. The van der Waals surface area contributed by atoms with Gasteiger partial charge in [-0.15, -0.1) is 0 Å². The first-order chi connectivity index (χ1) is 11.5. The van der Waals surface area contributed by atoms with Gasteiger partial charge in [0.05, 0.1) is 12.0 Å². The molecule has 0 aromatic heterocycles. The number of benzene rings is 2. The number of ether oxygens (including phenoxy) is 1. The summed E-state index contributed by atoms with van der Waals surface area (Å²) in [5.74, 6) is -0.0298. The summed E-state index contributed by atoms with van der Waals surface area (Å²) in [7, 11) is 1.53. The van der Waals surface area contributed by atoms with Crippen LogP contribution in [0.2, 0.25) is 5.02 Å². The van der Waals surface area contributed by atoms with Gasteiger partial charge in [-0.1, -0.05) is 23.7 Å². The lowest BCUT2D eigenvalue weighted by atomic mass is 10.2. The van der Waals surface area contributed by atoms with Crippen molar-refractivity contribution in [1.29, 1.82) is 0 Å². The van der Waals surface area contributed by atoms with Crippen molar-refractivity contribution in [1.82, 2.24) is 5.32 Å². The van der Waals surface area contributed by atoms with E-state index in [9.17, 15) is 9.18 Å². The van der Waals surface area contributed by atoms with Gasteiger partial charge in [0.25, 0.3) is 5.91 Å². The summed E-state index contributed by atoms with van der Waals surface area (Å²) < 4.78 is 18.2. The van der Waals surface area contributed by atoms with Gasteiger partial charge >= 0.3 is 0 Å². The molecule has 0 saturated carbocycles. The molecule has 3 rings (SSSR count). The second-order valence-electron chi connectivity index (χ2n) is 4.85. The van der Waals surface area contributed by atoms with Gasteiger partial charge in [-0.05, 0) is 53.7 Å². The Kier molecular flexibility index (Phi) is 4.87. The normalized spacial score (nSPS) is 17.4. The lowest BCUT2D eigenvalue weighted by Gasteiger charge is -2.05. The van der Waals surface area contributed by atoms with E-state index < -0.39 is 0 Å². The van der Waals surface area contributed by atoms with Crippen LogP contribution in [0.5, 0.6) is 5.75 Å². The van der Waals surface area contributed by atoms with E-state index in [1.807, 2.05) is 0 Å². The van der Waals surface area contributed by atoms with Crippen molar-refractivity contribution in [2.75, 3.05) is 7.11 Å². The minimum atomic E-state index is -0.323. The zero-order valence-corrected chi connectivity index (χ0v) is 14.1. The maximum Gasteiger partial charge on any atom is 0.264 e. The molecule has 1 amide bonds. The first-order valence-electron chi connectivity index (χ1n) is 6.94. The lowest BCUT2D eigenvalue weighted by Crippen LogP contribution is -2.19. The van der Waals surface area contributed by atoms with Crippen LogP contribution in [-0.4, -0.2) is 18.2 Å². The quantitative estimate of drug-likeness (QED) is 0.824. The Labute approximate surface area is 147 Å². The molecule has 1 heterocycles. The lowest BCUT2D eigenvalue weighted by molar-refractivity contribution is -0.115. The number of rotatable bonds is 3. The van der Waals surface area contributed by atoms with Crippen LogP contribution < -0.4 is 10.1 Å². The van der Waals surface area contributed by atoms with Gasteiger partial charge in [0.1, 0.15) is 17.3 Å². The summed E-state index contributed by atoms with van der Waals surface area (Å²) in [6.07, 6.45) is 1.68. The number of hydrogen-bond donors (Lipinski definition) is 1. The van der Waals surface area contributed by atoms with Crippen molar-refractivity contribution in [2.45, 2.75) is 0 Å². The predicted molar refractivity (Wildman–Crippen MR) is 95.2 cm³/mol. The zero-order chi connectivity index (χ0) is 17.1. The molecule has 1 fully saturated rings. The predicted octanol–water partition coefficient (Wildman–Crippen LogP) is 4.38. The fourth-order valence-corrected chi connectivity index (χ4v) is 3.05. The fourth-order valence-electron chi connectivity index (χ4n) is 2.05. The molecule has 1 aliphatic rings. The van der Waals surface area contributed by atoms with Crippen LogP contribution in [0.1, 0.15) is 5.56 Å². The summed E-state index contributed by atoms with van der Waals surface area (Å²) >= 11 is 7.17. The number of halogens is 2. The van der Waals surface area contributed by atoms with Crippen molar-refractivity contribution in [3.63, 3.8) is 0 Å². The molecular weight excluding hydrogens is 351 g/mol. The summed E-state index contributed by atoms with van der Waals surface area (Å²) in [6.45, 7) is 0. The number of thioether (sulfide) groups is 1. The van der Waals surface area contributed by atoms with Gasteiger partial charge in [0.15, 0.2) is 5.17 Å². The molecule has 2 aromatic rings. The molecule has 122 valence electrons. The third kappa shape index (κ3) is 3.77. The van der Waals surface area contributed by atoms with Crippen molar-refractivity contribution >= 4 is 46.2 Å². The molecule has 0 spiro atoms. The topological polar surface area (TPSA) is 50.7 Å². The number of amidine groups is 1. The number of nitrogens with one attached hydrogen (secondary N) is 1. The number of carbonyl (C=O) groups is 1. The molecule has 2 aromatic carbocycles. The van der Waals surface area contributed by atoms with Crippen molar-refractivity contribution in [3.8, 4) is 5.75 Å². The fraction of sp³-hybridized carbons (Fsp3) is 0.0588. The maximum atomic E-state index is 12.9. The van der Waals surface area contributed by atoms with Crippen LogP contribution in [-0.2, 0) is 4.79 Å². The molecule has 0 radical (unpaired) electrons. The SMILES string of the molecule is COc1ccc(Cl)cc1N=C1NC(=O)/C(=C/c2ccc(F)cc2)S1. The van der Waals surface area contributed by atoms with Crippen LogP contribution in [0.25, 0.3) is 6.08 Å². The Morgan fingerprint density at radius 1 is 1.25 bits per heavy atom. The first kappa shape index (κ1) is 16.5. The van der Waals surface area contributed by atoms with E-state index >= 15 is 0 Å². The molecule has 0 bridgehead atoms. The number of hydrogen-bond acceptors (Lipinski definition) is 4. The molecule has 24 heavy (non-hydrogen) atoms. The number of carbonyl (C=O) groups excluding carboxylic acids is 1.